The van der Waals surface area contributed by atoms with E-state index in [0.717, 1.165) is 63.9 Å². The zero-order chi connectivity index (χ0) is 28.4. The highest BCUT2D eigenvalue weighted by Gasteiger charge is 2.38. The molecule has 2 aromatic rings. The van der Waals surface area contributed by atoms with Gasteiger partial charge < -0.3 is 25.2 Å². The van der Waals surface area contributed by atoms with Crippen molar-refractivity contribution < 1.29 is 32.9 Å². The minimum atomic E-state index is -4.78. The molecule has 12 heteroatoms. The largest absolute Gasteiger partial charge is 0.573 e. The fraction of sp³-hybridized carbons (Fsp3) is 0.643. The van der Waals surface area contributed by atoms with Crippen LogP contribution >= 0.6 is 0 Å². The summed E-state index contributed by atoms with van der Waals surface area (Å²) in [5, 5.41) is 26.1. The lowest BCUT2D eigenvalue weighted by atomic mass is 10.0. The number of ether oxygens (including phenoxy) is 1. The lowest BCUT2D eigenvalue weighted by molar-refractivity contribution is -0.274. The van der Waals surface area contributed by atoms with Crippen LogP contribution < -0.4 is 10.1 Å². The number of benzene rings is 1. The molecule has 4 heterocycles. The van der Waals surface area contributed by atoms with Gasteiger partial charge in [-0.15, -0.1) is 13.2 Å². The lowest BCUT2D eigenvalue weighted by Crippen LogP contribution is -2.46. The summed E-state index contributed by atoms with van der Waals surface area (Å²) in [5.41, 5.74) is 2.37. The number of carbonyl (C=O) groups excluding carboxylic acids is 1. The van der Waals surface area contributed by atoms with E-state index in [1.165, 1.54) is 18.2 Å². The van der Waals surface area contributed by atoms with Gasteiger partial charge in [0.25, 0.3) is 5.91 Å². The number of alkyl halides is 3. The first kappa shape index (κ1) is 28.8. The molecule has 2 atom stereocenters. The summed E-state index contributed by atoms with van der Waals surface area (Å²) in [6.07, 6.45) is 0.199. The van der Waals surface area contributed by atoms with Crippen molar-refractivity contribution in [2.24, 2.45) is 0 Å². The number of aliphatic hydroxyl groups is 2. The predicted octanol–water partition coefficient (Wildman–Crippen LogP) is 2.97. The first-order valence-corrected chi connectivity index (χ1v) is 14.1. The van der Waals surface area contributed by atoms with Crippen molar-refractivity contribution in [1.82, 2.24) is 24.9 Å². The van der Waals surface area contributed by atoms with Crippen LogP contribution in [0.1, 0.15) is 66.2 Å². The molecule has 40 heavy (non-hydrogen) atoms. The smallest absolute Gasteiger partial charge is 0.406 e. The number of hydrogen-bond donors (Lipinski definition) is 3. The molecule has 3 aliphatic heterocycles. The summed E-state index contributed by atoms with van der Waals surface area (Å²) < 4.78 is 43.8. The number of nitrogens with one attached hydrogen (secondary N) is 1. The summed E-state index contributed by atoms with van der Waals surface area (Å²) in [4.78, 5) is 17.8. The van der Waals surface area contributed by atoms with Gasteiger partial charge in [-0.2, -0.15) is 5.10 Å². The second-order valence-corrected chi connectivity index (χ2v) is 11.2. The van der Waals surface area contributed by atoms with Gasteiger partial charge in [-0.05, 0) is 64.1 Å². The second-order valence-electron chi connectivity index (χ2n) is 11.2. The molecule has 4 aliphatic rings. The van der Waals surface area contributed by atoms with E-state index >= 15 is 0 Å². The van der Waals surface area contributed by atoms with E-state index in [9.17, 15) is 23.1 Å². The molecular formula is C28H38F3N5O4. The quantitative estimate of drug-likeness (QED) is 0.512. The Labute approximate surface area is 231 Å². The lowest BCUT2D eigenvalue weighted by Gasteiger charge is -2.36. The number of β-amino-alcohol motifs (C(OH)–C–C–N with tert-alkyl or cyclic N) is 2. The molecule has 0 radical (unpaired) electrons. The average molecular weight is 566 g/mol. The van der Waals surface area contributed by atoms with Gasteiger partial charge in [0.1, 0.15) is 5.75 Å². The molecular weight excluding hydrogens is 527 g/mol. The molecule has 0 bridgehead atoms. The van der Waals surface area contributed by atoms with Crippen LogP contribution in [0.15, 0.2) is 24.3 Å². The van der Waals surface area contributed by atoms with Crippen molar-refractivity contribution >= 4 is 5.91 Å². The SMILES string of the molecule is Cc1nn(-c2cccc(OC(F)(F)F)c2)c(C2CC2)c1C(=O)N1CCC(N2CC[C@H](O)C2)CC1.O[C@H]1CCNC1. The van der Waals surface area contributed by atoms with Gasteiger partial charge in [0.15, 0.2) is 0 Å². The Morgan fingerprint density at radius 3 is 2.35 bits per heavy atom. The molecule has 0 unspecified atom stereocenters. The van der Waals surface area contributed by atoms with Crippen LogP contribution in [0.25, 0.3) is 5.69 Å². The van der Waals surface area contributed by atoms with E-state index < -0.39 is 6.36 Å². The third kappa shape index (κ3) is 6.96. The number of piperidine rings is 1. The highest BCUT2D eigenvalue weighted by molar-refractivity contribution is 5.97. The van der Waals surface area contributed by atoms with Gasteiger partial charge in [-0.1, -0.05) is 6.07 Å². The van der Waals surface area contributed by atoms with Gasteiger partial charge in [-0.25, -0.2) is 4.68 Å². The van der Waals surface area contributed by atoms with Crippen molar-refractivity contribution in [3.05, 3.63) is 41.2 Å². The Hall–Kier alpha value is -2.67. The van der Waals surface area contributed by atoms with Crippen molar-refractivity contribution in [2.45, 2.75) is 76.0 Å². The van der Waals surface area contributed by atoms with Crippen LogP contribution in [0.4, 0.5) is 13.2 Å². The number of nitrogens with zero attached hydrogens (tertiary/aromatic N) is 4. The van der Waals surface area contributed by atoms with Gasteiger partial charge >= 0.3 is 6.36 Å². The maximum Gasteiger partial charge on any atom is 0.573 e. The van der Waals surface area contributed by atoms with Crippen molar-refractivity contribution in [3.8, 4) is 11.4 Å². The number of aromatic nitrogens is 2. The minimum absolute atomic E-state index is 0.0618. The third-order valence-corrected chi connectivity index (χ3v) is 8.07. The van der Waals surface area contributed by atoms with Crippen LogP contribution in [0.3, 0.4) is 0 Å². The molecule has 6 rings (SSSR count). The van der Waals surface area contributed by atoms with Crippen LogP contribution in [-0.2, 0) is 0 Å². The molecule has 9 nitrogen and oxygen atoms in total. The van der Waals surface area contributed by atoms with Crippen LogP contribution in [0.2, 0.25) is 0 Å². The molecule has 1 aromatic carbocycles. The molecule has 3 N–H and O–H groups in total. The number of carbonyl (C=O) groups is 1. The number of likely N-dealkylation sites (tertiary alicyclic amines) is 2. The summed E-state index contributed by atoms with van der Waals surface area (Å²) >= 11 is 0. The number of hydrogen-bond acceptors (Lipinski definition) is 7. The summed E-state index contributed by atoms with van der Waals surface area (Å²) in [6.45, 7) is 6.44. The summed E-state index contributed by atoms with van der Waals surface area (Å²) in [6, 6.07) is 6.09. The Morgan fingerprint density at radius 1 is 1.05 bits per heavy atom. The Kier molecular flexibility index (Phi) is 8.69. The van der Waals surface area contributed by atoms with E-state index in [0.29, 0.717) is 42.6 Å². The molecule has 4 fully saturated rings. The van der Waals surface area contributed by atoms with Crippen molar-refractivity contribution in [3.63, 3.8) is 0 Å². The Balaban J connectivity index is 0.000000477. The number of halogens is 3. The topological polar surface area (TPSA) is 103 Å². The van der Waals surface area contributed by atoms with E-state index in [1.54, 1.807) is 17.7 Å². The summed E-state index contributed by atoms with van der Waals surface area (Å²) in [5.74, 6) is -0.217. The third-order valence-electron chi connectivity index (χ3n) is 8.07. The first-order valence-electron chi connectivity index (χ1n) is 14.1. The molecule has 1 amide bonds. The van der Waals surface area contributed by atoms with Crippen LogP contribution in [0.5, 0.6) is 5.75 Å². The maximum atomic E-state index is 13.6. The summed E-state index contributed by atoms with van der Waals surface area (Å²) in [7, 11) is 0. The number of rotatable bonds is 5. The van der Waals surface area contributed by atoms with Gasteiger partial charge in [-0.3, -0.25) is 9.69 Å². The van der Waals surface area contributed by atoms with E-state index in [4.69, 9.17) is 5.11 Å². The van der Waals surface area contributed by atoms with E-state index in [2.05, 4.69) is 20.1 Å². The monoisotopic (exact) mass is 565 g/mol. The van der Waals surface area contributed by atoms with Crippen molar-refractivity contribution in [1.29, 1.82) is 0 Å². The van der Waals surface area contributed by atoms with Gasteiger partial charge in [0.2, 0.25) is 0 Å². The number of aliphatic hydroxyl groups excluding tert-OH is 2. The Morgan fingerprint density at radius 2 is 1.80 bits per heavy atom. The minimum Gasteiger partial charge on any atom is -0.406 e. The molecule has 1 aliphatic carbocycles. The number of amides is 1. The predicted molar refractivity (Wildman–Crippen MR) is 142 cm³/mol. The maximum absolute atomic E-state index is 13.6. The second kappa shape index (κ2) is 12.1. The number of aryl methyl sites for hydroxylation is 1. The molecule has 1 aromatic heterocycles. The fourth-order valence-corrected chi connectivity index (χ4v) is 5.88. The molecule has 0 spiro atoms. The first-order chi connectivity index (χ1) is 19.1. The van der Waals surface area contributed by atoms with Gasteiger partial charge in [0, 0.05) is 50.7 Å². The molecule has 220 valence electrons. The van der Waals surface area contributed by atoms with Crippen LogP contribution in [-0.4, -0.2) is 99.6 Å². The highest BCUT2D eigenvalue weighted by Crippen LogP contribution is 2.44. The normalized spacial score (nSPS) is 24.2. The highest BCUT2D eigenvalue weighted by atomic mass is 19.4. The van der Waals surface area contributed by atoms with Crippen molar-refractivity contribution in [2.75, 3.05) is 39.3 Å². The van der Waals surface area contributed by atoms with Crippen LogP contribution in [0, 0.1) is 6.92 Å². The molecule has 3 saturated heterocycles. The average Bonchev–Trinajstić information content (AvgIpc) is 3.28. The van der Waals surface area contributed by atoms with E-state index in [1.807, 2.05) is 4.90 Å². The van der Waals surface area contributed by atoms with Gasteiger partial charge in [0.05, 0.1) is 34.8 Å². The Bertz CT molecular complexity index is 1170. The zero-order valence-electron chi connectivity index (χ0n) is 22.7. The van der Waals surface area contributed by atoms with E-state index in [-0.39, 0.29) is 29.8 Å². The zero-order valence-corrected chi connectivity index (χ0v) is 22.7. The molecule has 1 saturated carbocycles. The standard InChI is InChI=1S/C24H29F3N4O3.C4H9NO/c1-15-21(23(33)29-10-7-17(8-11-29)30-12-9-19(32)14-30)22(16-5-6-16)31(28-15)18-3-2-4-20(13-18)34-24(25,26)27;6-4-1-2-5-3-4/h2-4,13,16-17,19,32H,5-12,14H2,1H3;4-6H,1-3H2/t19-;4-/m00/s1. The fourth-order valence-electron chi connectivity index (χ4n) is 5.88.